The van der Waals surface area contributed by atoms with Crippen molar-refractivity contribution in [3.63, 3.8) is 0 Å². The summed E-state index contributed by atoms with van der Waals surface area (Å²) in [4.78, 5) is 38.1. The van der Waals surface area contributed by atoms with E-state index < -0.39 is 6.10 Å². The number of ether oxygens (including phenoxy) is 3. The molecule has 0 aliphatic carbocycles. The summed E-state index contributed by atoms with van der Waals surface area (Å²) < 4.78 is 16.8. The van der Waals surface area contributed by atoms with E-state index in [4.69, 9.17) is 14.2 Å². The van der Waals surface area contributed by atoms with Crippen molar-refractivity contribution >= 4 is 17.9 Å². The minimum Gasteiger partial charge on any atom is -0.462 e. The highest BCUT2D eigenvalue weighted by Gasteiger charge is 2.19. The zero-order valence-corrected chi connectivity index (χ0v) is 45.2. The molecule has 0 saturated heterocycles. The highest BCUT2D eigenvalue weighted by atomic mass is 16.6. The van der Waals surface area contributed by atoms with Crippen LogP contribution in [0.15, 0.2) is 122 Å². The molecule has 0 heterocycles. The molecule has 6 heteroatoms. The highest BCUT2D eigenvalue weighted by molar-refractivity contribution is 5.71. The third-order valence-corrected chi connectivity index (χ3v) is 11.7. The van der Waals surface area contributed by atoms with Gasteiger partial charge in [0.05, 0.1) is 0 Å². The van der Waals surface area contributed by atoms with E-state index in [0.29, 0.717) is 19.3 Å². The molecule has 0 fully saturated rings. The van der Waals surface area contributed by atoms with Crippen LogP contribution in [0.5, 0.6) is 0 Å². The average molecular weight is 970 g/mol. The summed E-state index contributed by atoms with van der Waals surface area (Å²) in [5.41, 5.74) is 0. The van der Waals surface area contributed by atoms with Crippen LogP contribution in [-0.2, 0) is 28.6 Å². The molecule has 0 aliphatic heterocycles. The van der Waals surface area contributed by atoms with E-state index in [1.54, 1.807) is 0 Å². The van der Waals surface area contributed by atoms with Gasteiger partial charge in [0.25, 0.3) is 0 Å². The summed E-state index contributed by atoms with van der Waals surface area (Å²) in [6, 6.07) is 0. The molecule has 0 aromatic rings. The number of carbonyl (C=O) groups is 3. The van der Waals surface area contributed by atoms with Gasteiger partial charge in [0.2, 0.25) is 0 Å². The molecule has 6 nitrogen and oxygen atoms in total. The standard InChI is InChI=1S/C64H104O6/c1-4-7-10-13-16-19-22-25-28-31-32-34-36-39-42-45-48-51-54-57-63(66)69-60-61(59-68-62(65)56-53-50-47-44-41-38-35-30-27-24-21-18-15-12-9-6-3)70-64(67)58-55-52-49-46-43-40-37-33-29-26-23-20-17-14-11-8-5-2/h7,9-10,12,16,18-19,21,25-30,32,34,39,42,48,51,61H,4-6,8,11,13-15,17,20,22-24,31,33,35-38,40-41,43-47,49-50,52-60H2,1-3H3/b10-7-,12-9-,19-16-,21-18-,28-25-,29-26-,30-27-,34-32-,42-39-,51-48-. The third kappa shape index (κ3) is 54.7. The maximum Gasteiger partial charge on any atom is 0.306 e. The van der Waals surface area contributed by atoms with Crippen molar-refractivity contribution in [1.82, 2.24) is 0 Å². The van der Waals surface area contributed by atoms with Crippen molar-refractivity contribution in [1.29, 1.82) is 0 Å². The van der Waals surface area contributed by atoms with Crippen LogP contribution in [0.4, 0.5) is 0 Å². The maximum atomic E-state index is 12.9. The molecule has 0 rings (SSSR count). The minimum absolute atomic E-state index is 0.113. The van der Waals surface area contributed by atoms with E-state index in [0.717, 1.165) is 109 Å². The summed E-state index contributed by atoms with van der Waals surface area (Å²) in [5, 5.41) is 0. The zero-order chi connectivity index (χ0) is 50.7. The second-order valence-corrected chi connectivity index (χ2v) is 18.4. The van der Waals surface area contributed by atoms with Gasteiger partial charge in [-0.25, -0.2) is 0 Å². The number of esters is 3. The molecule has 0 spiro atoms. The van der Waals surface area contributed by atoms with Gasteiger partial charge in [-0.1, -0.05) is 232 Å². The van der Waals surface area contributed by atoms with Gasteiger partial charge in [-0.3, -0.25) is 14.4 Å². The SMILES string of the molecule is CC/C=C\C/C=C\C/C=C\C/C=C\C/C=C\C/C=C\CCC(=O)OCC(COC(=O)CCCCCCCC/C=C\C/C=C\C/C=C\CC)OC(=O)CCCCCCCCC/C=C\CCCCCCCC. The van der Waals surface area contributed by atoms with E-state index in [1.165, 1.54) is 89.9 Å². The molecular weight excluding hydrogens is 865 g/mol. The molecular formula is C64H104O6. The summed E-state index contributed by atoms with van der Waals surface area (Å²) in [6.45, 7) is 6.33. The number of carbonyl (C=O) groups excluding carboxylic acids is 3. The lowest BCUT2D eigenvalue weighted by atomic mass is 10.1. The Balaban J connectivity index is 4.54. The lowest BCUT2D eigenvalue weighted by Gasteiger charge is -2.18. The second-order valence-electron chi connectivity index (χ2n) is 18.4. The Kier molecular flexibility index (Phi) is 54.0. The number of unbranched alkanes of at least 4 members (excludes halogenated alkanes) is 19. The van der Waals surface area contributed by atoms with E-state index in [9.17, 15) is 14.4 Å². The number of hydrogen-bond donors (Lipinski definition) is 0. The summed E-state index contributed by atoms with van der Waals surface area (Å²) in [5.74, 6) is -1.02. The van der Waals surface area contributed by atoms with Crippen molar-refractivity contribution in [3.8, 4) is 0 Å². The Bertz CT molecular complexity index is 1490. The van der Waals surface area contributed by atoms with Crippen molar-refractivity contribution in [2.24, 2.45) is 0 Å². The summed E-state index contributed by atoms with van der Waals surface area (Å²) in [7, 11) is 0. The molecule has 396 valence electrons. The Labute approximate surface area is 431 Å². The van der Waals surface area contributed by atoms with Crippen molar-refractivity contribution < 1.29 is 28.6 Å². The fourth-order valence-electron chi connectivity index (χ4n) is 7.48. The first-order valence-electron chi connectivity index (χ1n) is 28.5. The summed E-state index contributed by atoms with van der Waals surface area (Å²) in [6.07, 6.45) is 79.1. The molecule has 1 unspecified atom stereocenters. The third-order valence-electron chi connectivity index (χ3n) is 11.7. The minimum atomic E-state index is -0.820. The lowest BCUT2D eigenvalue weighted by molar-refractivity contribution is -0.166. The fraction of sp³-hybridized carbons (Fsp3) is 0.641. The van der Waals surface area contributed by atoms with Crippen LogP contribution in [0.3, 0.4) is 0 Å². The first-order valence-corrected chi connectivity index (χ1v) is 28.5. The van der Waals surface area contributed by atoms with Gasteiger partial charge < -0.3 is 14.2 Å². The Morgan fingerprint density at radius 1 is 0.300 bits per heavy atom. The fourth-order valence-corrected chi connectivity index (χ4v) is 7.48. The molecule has 0 saturated carbocycles. The summed E-state index contributed by atoms with van der Waals surface area (Å²) >= 11 is 0. The van der Waals surface area contributed by atoms with Crippen LogP contribution in [-0.4, -0.2) is 37.2 Å². The van der Waals surface area contributed by atoms with E-state index in [1.807, 2.05) is 6.08 Å². The normalized spacial score (nSPS) is 13.0. The molecule has 0 N–H and O–H groups in total. The van der Waals surface area contributed by atoms with Crippen molar-refractivity contribution in [2.75, 3.05) is 13.2 Å². The van der Waals surface area contributed by atoms with Crippen LogP contribution in [0.2, 0.25) is 0 Å². The van der Waals surface area contributed by atoms with Gasteiger partial charge in [0.15, 0.2) is 6.10 Å². The van der Waals surface area contributed by atoms with Crippen LogP contribution >= 0.6 is 0 Å². The van der Waals surface area contributed by atoms with E-state index >= 15 is 0 Å². The van der Waals surface area contributed by atoms with Gasteiger partial charge in [0, 0.05) is 19.3 Å². The molecule has 0 aliphatic rings. The largest absolute Gasteiger partial charge is 0.462 e. The van der Waals surface area contributed by atoms with Gasteiger partial charge in [-0.15, -0.1) is 0 Å². The molecule has 0 aromatic heterocycles. The molecule has 70 heavy (non-hydrogen) atoms. The quantitative estimate of drug-likeness (QED) is 0.0262. The molecule has 0 aromatic carbocycles. The van der Waals surface area contributed by atoms with Gasteiger partial charge >= 0.3 is 17.9 Å². The Hall–Kier alpha value is -4.19. The highest BCUT2D eigenvalue weighted by Crippen LogP contribution is 2.14. The smallest absolute Gasteiger partial charge is 0.306 e. The average Bonchev–Trinajstić information content (AvgIpc) is 3.36. The number of allylic oxidation sites excluding steroid dienone is 20. The van der Waals surface area contributed by atoms with Gasteiger partial charge in [-0.05, 0) is 116 Å². The van der Waals surface area contributed by atoms with E-state index in [-0.39, 0.29) is 37.5 Å². The van der Waals surface area contributed by atoms with Crippen LogP contribution in [0.25, 0.3) is 0 Å². The van der Waals surface area contributed by atoms with Gasteiger partial charge in [0.1, 0.15) is 13.2 Å². The van der Waals surface area contributed by atoms with Crippen LogP contribution in [0.1, 0.15) is 245 Å². The van der Waals surface area contributed by atoms with Crippen LogP contribution < -0.4 is 0 Å². The lowest BCUT2D eigenvalue weighted by Crippen LogP contribution is -2.30. The number of hydrogen-bond acceptors (Lipinski definition) is 6. The first-order chi connectivity index (χ1) is 34.5. The van der Waals surface area contributed by atoms with Crippen LogP contribution in [0, 0.1) is 0 Å². The topological polar surface area (TPSA) is 78.9 Å². The molecule has 0 bridgehead atoms. The monoisotopic (exact) mass is 969 g/mol. The predicted octanol–water partition coefficient (Wildman–Crippen LogP) is 19.3. The van der Waals surface area contributed by atoms with Crippen molar-refractivity contribution in [3.05, 3.63) is 122 Å². The van der Waals surface area contributed by atoms with Gasteiger partial charge in [-0.2, -0.15) is 0 Å². The van der Waals surface area contributed by atoms with E-state index in [2.05, 4.69) is 136 Å². The predicted molar refractivity (Wildman–Crippen MR) is 302 cm³/mol. The Morgan fingerprint density at radius 3 is 0.971 bits per heavy atom. The first kappa shape index (κ1) is 65.8. The van der Waals surface area contributed by atoms with Crippen molar-refractivity contribution in [2.45, 2.75) is 252 Å². The second kappa shape index (κ2) is 57.4. The molecule has 0 radical (unpaired) electrons. The molecule has 1 atom stereocenters. The Morgan fingerprint density at radius 2 is 0.586 bits per heavy atom. The zero-order valence-electron chi connectivity index (χ0n) is 45.2. The molecule has 0 amide bonds. The number of rotatable bonds is 50. The maximum absolute atomic E-state index is 12.9.